The molecule has 0 heterocycles. The van der Waals surface area contributed by atoms with Crippen LogP contribution in [0.1, 0.15) is 30.6 Å². The summed E-state index contributed by atoms with van der Waals surface area (Å²) in [4.78, 5) is 13.4. The lowest BCUT2D eigenvalue weighted by Crippen LogP contribution is -2.26. The first-order valence-corrected chi connectivity index (χ1v) is 5.86. The maximum absolute atomic E-state index is 11.3. The van der Waals surface area contributed by atoms with E-state index < -0.39 is 5.91 Å². The Balaban J connectivity index is 3.02. The molecule has 0 fully saturated rings. The second kappa shape index (κ2) is 5.57. The van der Waals surface area contributed by atoms with Gasteiger partial charge < -0.3 is 16.4 Å². The number of rotatable bonds is 5. The number of carbonyl (C=O) groups is 1. The fraction of sp³-hybridized carbons (Fsp3) is 0.462. The molecule has 0 aliphatic carbocycles. The van der Waals surface area contributed by atoms with Crippen molar-refractivity contribution >= 4 is 17.3 Å². The number of primary amides is 1. The molecule has 0 aliphatic rings. The van der Waals surface area contributed by atoms with Crippen molar-refractivity contribution in [3.8, 4) is 0 Å². The minimum absolute atomic E-state index is 0.420. The lowest BCUT2D eigenvalue weighted by atomic mass is 10.1. The first-order valence-electron chi connectivity index (χ1n) is 5.86. The van der Waals surface area contributed by atoms with Gasteiger partial charge in [-0.3, -0.25) is 4.79 Å². The fourth-order valence-electron chi connectivity index (χ4n) is 1.77. The summed E-state index contributed by atoms with van der Waals surface area (Å²) in [5.74, 6) is 0.137. The zero-order valence-corrected chi connectivity index (χ0v) is 10.7. The van der Waals surface area contributed by atoms with Crippen molar-refractivity contribution in [3.63, 3.8) is 0 Å². The normalized spacial score (nSPS) is 12.2. The number of carbonyl (C=O) groups excluding carboxylic acids is 1. The summed E-state index contributed by atoms with van der Waals surface area (Å²) >= 11 is 0. The van der Waals surface area contributed by atoms with Crippen LogP contribution in [-0.2, 0) is 0 Å². The Morgan fingerprint density at radius 3 is 2.65 bits per heavy atom. The number of benzene rings is 1. The van der Waals surface area contributed by atoms with E-state index in [9.17, 15) is 4.79 Å². The Hall–Kier alpha value is -1.71. The standard InChI is InChI=1S/C13H21N3O/c1-4-9(2)8-16(3)12-7-10(14)5-6-11(12)13(15)17/h5-7,9H,4,8,14H2,1-3H3,(H2,15,17). The predicted octanol–water partition coefficient (Wildman–Crippen LogP) is 1.85. The number of anilines is 2. The molecule has 1 aromatic rings. The van der Waals surface area contributed by atoms with Crippen LogP contribution in [0.15, 0.2) is 18.2 Å². The van der Waals surface area contributed by atoms with Crippen LogP contribution < -0.4 is 16.4 Å². The first-order chi connectivity index (χ1) is 7.95. The molecule has 0 bridgehead atoms. The molecule has 0 saturated heterocycles. The zero-order valence-electron chi connectivity index (χ0n) is 10.7. The van der Waals surface area contributed by atoms with Crippen LogP contribution in [-0.4, -0.2) is 19.5 Å². The van der Waals surface area contributed by atoms with E-state index in [0.717, 1.165) is 18.7 Å². The molecule has 1 unspecified atom stereocenters. The summed E-state index contributed by atoms with van der Waals surface area (Å²) in [5, 5.41) is 0. The maximum atomic E-state index is 11.3. The van der Waals surface area contributed by atoms with Gasteiger partial charge in [0.15, 0.2) is 0 Å². The van der Waals surface area contributed by atoms with Crippen molar-refractivity contribution in [2.75, 3.05) is 24.2 Å². The molecule has 4 N–H and O–H groups in total. The molecule has 1 amide bonds. The Kier molecular flexibility index (Phi) is 4.37. The summed E-state index contributed by atoms with van der Waals surface area (Å²) in [5.41, 5.74) is 13.1. The van der Waals surface area contributed by atoms with Crippen LogP contribution in [0.5, 0.6) is 0 Å². The Morgan fingerprint density at radius 2 is 2.12 bits per heavy atom. The van der Waals surface area contributed by atoms with Gasteiger partial charge in [0.1, 0.15) is 0 Å². The summed E-state index contributed by atoms with van der Waals surface area (Å²) in [6, 6.07) is 5.17. The average molecular weight is 235 g/mol. The van der Waals surface area contributed by atoms with Gasteiger partial charge in [0.25, 0.3) is 5.91 Å². The maximum Gasteiger partial charge on any atom is 0.250 e. The molecule has 0 spiro atoms. The van der Waals surface area contributed by atoms with E-state index in [2.05, 4.69) is 13.8 Å². The number of hydrogen-bond acceptors (Lipinski definition) is 3. The highest BCUT2D eigenvalue weighted by molar-refractivity contribution is 5.99. The van der Waals surface area contributed by atoms with Crippen molar-refractivity contribution in [1.82, 2.24) is 0 Å². The van der Waals surface area contributed by atoms with E-state index in [1.807, 2.05) is 11.9 Å². The van der Waals surface area contributed by atoms with E-state index >= 15 is 0 Å². The van der Waals surface area contributed by atoms with E-state index in [1.54, 1.807) is 18.2 Å². The van der Waals surface area contributed by atoms with E-state index in [1.165, 1.54) is 0 Å². The largest absolute Gasteiger partial charge is 0.399 e. The number of nitrogens with zero attached hydrogens (tertiary/aromatic N) is 1. The minimum Gasteiger partial charge on any atom is -0.399 e. The van der Waals surface area contributed by atoms with Gasteiger partial charge in [-0.05, 0) is 24.1 Å². The zero-order chi connectivity index (χ0) is 13.0. The summed E-state index contributed by atoms with van der Waals surface area (Å²) in [7, 11) is 1.95. The van der Waals surface area contributed by atoms with Crippen LogP contribution in [0.2, 0.25) is 0 Å². The van der Waals surface area contributed by atoms with Crippen LogP contribution in [0.3, 0.4) is 0 Å². The Labute approximate surface area is 103 Å². The molecule has 1 rings (SSSR count). The molecule has 94 valence electrons. The second-order valence-corrected chi connectivity index (χ2v) is 4.53. The van der Waals surface area contributed by atoms with Gasteiger partial charge in [0.05, 0.1) is 11.3 Å². The topological polar surface area (TPSA) is 72.3 Å². The molecule has 1 atom stereocenters. The highest BCUT2D eigenvalue weighted by Crippen LogP contribution is 2.23. The molecule has 1 aromatic carbocycles. The van der Waals surface area contributed by atoms with Gasteiger partial charge in [-0.1, -0.05) is 20.3 Å². The van der Waals surface area contributed by atoms with Crippen LogP contribution >= 0.6 is 0 Å². The molecule has 0 aromatic heterocycles. The van der Waals surface area contributed by atoms with Gasteiger partial charge in [-0.15, -0.1) is 0 Å². The number of hydrogen-bond donors (Lipinski definition) is 2. The third-order valence-electron chi connectivity index (χ3n) is 2.98. The first kappa shape index (κ1) is 13.4. The number of amides is 1. The van der Waals surface area contributed by atoms with Crippen molar-refractivity contribution in [1.29, 1.82) is 0 Å². The predicted molar refractivity (Wildman–Crippen MR) is 72.1 cm³/mol. The molecule has 0 radical (unpaired) electrons. The number of nitrogen functional groups attached to an aromatic ring is 1. The lowest BCUT2D eigenvalue weighted by molar-refractivity contribution is 0.100. The van der Waals surface area contributed by atoms with Gasteiger partial charge >= 0.3 is 0 Å². The second-order valence-electron chi connectivity index (χ2n) is 4.53. The summed E-state index contributed by atoms with van der Waals surface area (Å²) in [6.07, 6.45) is 1.10. The Bertz CT molecular complexity index is 404. The third-order valence-corrected chi connectivity index (χ3v) is 2.98. The van der Waals surface area contributed by atoms with E-state index in [0.29, 0.717) is 17.2 Å². The lowest BCUT2D eigenvalue weighted by Gasteiger charge is -2.24. The third kappa shape index (κ3) is 3.37. The highest BCUT2D eigenvalue weighted by atomic mass is 16.1. The van der Waals surface area contributed by atoms with Gasteiger partial charge in [-0.2, -0.15) is 0 Å². The van der Waals surface area contributed by atoms with Crippen LogP contribution in [0.25, 0.3) is 0 Å². The molecule has 17 heavy (non-hydrogen) atoms. The highest BCUT2D eigenvalue weighted by Gasteiger charge is 2.13. The van der Waals surface area contributed by atoms with Crippen LogP contribution in [0, 0.1) is 5.92 Å². The smallest absolute Gasteiger partial charge is 0.250 e. The quantitative estimate of drug-likeness (QED) is 0.765. The Morgan fingerprint density at radius 1 is 1.47 bits per heavy atom. The molecule has 4 heteroatoms. The molecule has 0 saturated carbocycles. The molecule has 0 aliphatic heterocycles. The van der Waals surface area contributed by atoms with Crippen LogP contribution in [0.4, 0.5) is 11.4 Å². The van der Waals surface area contributed by atoms with E-state index in [4.69, 9.17) is 11.5 Å². The van der Waals surface area contributed by atoms with Crippen molar-refractivity contribution < 1.29 is 4.79 Å². The van der Waals surface area contributed by atoms with Crippen molar-refractivity contribution in [2.24, 2.45) is 11.7 Å². The van der Waals surface area contributed by atoms with Crippen molar-refractivity contribution in [2.45, 2.75) is 20.3 Å². The fourth-order valence-corrected chi connectivity index (χ4v) is 1.77. The number of nitrogens with two attached hydrogens (primary N) is 2. The van der Waals surface area contributed by atoms with Gasteiger partial charge in [0, 0.05) is 19.3 Å². The molecular weight excluding hydrogens is 214 g/mol. The van der Waals surface area contributed by atoms with Gasteiger partial charge in [0.2, 0.25) is 0 Å². The summed E-state index contributed by atoms with van der Waals surface area (Å²) < 4.78 is 0. The molecule has 4 nitrogen and oxygen atoms in total. The van der Waals surface area contributed by atoms with E-state index in [-0.39, 0.29) is 0 Å². The SMILES string of the molecule is CCC(C)CN(C)c1cc(N)ccc1C(N)=O. The average Bonchev–Trinajstić information content (AvgIpc) is 2.28. The monoisotopic (exact) mass is 235 g/mol. The summed E-state index contributed by atoms with van der Waals surface area (Å²) in [6.45, 7) is 5.19. The minimum atomic E-state index is -0.420. The van der Waals surface area contributed by atoms with Crippen molar-refractivity contribution in [3.05, 3.63) is 23.8 Å². The van der Waals surface area contributed by atoms with Gasteiger partial charge in [-0.25, -0.2) is 0 Å². The molecular formula is C13H21N3O.